The van der Waals surface area contributed by atoms with Crippen molar-refractivity contribution in [3.05, 3.63) is 0 Å². The Hall–Kier alpha value is -0.570. The van der Waals surface area contributed by atoms with E-state index in [1.165, 1.54) is 0 Å². The Labute approximate surface area is 80.3 Å². The van der Waals surface area contributed by atoms with Crippen LogP contribution in [0.15, 0.2) is 0 Å². The predicted molar refractivity (Wildman–Crippen MR) is 53.2 cm³/mol. The molecule has 3 nitrogen and oxygen atoms in total. The number of hydrogen-bond acceptors (Lipinski definition) is 2. The summed E-state index contributed by atoms with van der Waals surface area (Å²) >= 11 is 0. The van der Waals surface area contributed by atoms with Gasteiger partial charge in [-0.1, -0.05) is 20.8 Å². The number of carbonyl (C=O) groups is 1. The third kappa shape index (κ3) is 2.99. The average Bonchev–Trinajstić information content (AvgIpc) is 2.29. The first-order valence-electron chi connectivity index (χ1n) is 4.90. The highest BCUT2D eigenvalue weighted by Crippen LogP contribution is 2.22. The zero-order valence-corrected chi connectivity index (χ0v) is 8.84. The highest BCUT2D eigenvalue weighted by atomic mass is 16.2. The molecule has 1 fully saturated rings. The molecule has 1 aliphatic rings. The van der Waals surface area contributed by atoms with Crippen LogP contribution in [-0.2, 0) is 4.79 Å². The number of nitrogens with two attached hydrogens (primary N) is 1. The largest absolute Gasteiger partial charge is 0.342 e. The van der Waals surface area contributed by atoms with Crippen molar-refractivity contribution in [3.8, 4) is 0 Å². The fraction of sp³-hybridized carbons (Fsp3) is 0.900. The van der Waals surface area contributed by atoms with Gasteiger partial charge in [0.05, 0.1) is 0 Å². The SMILES string of the molecule is CC(C)(C)CN1CC(CN)CC1=O. The van der Waals surface area contributed by atoms with Crippen LogP contribution >= 0.6 is 0 Å². The Kier molecular flexibility index (Phi) is 2.96. The Balaban J connectivity index is 2.49. The minimum atomic E-state index is 0.194. The second kappa shape index (κ2) is 3.66. The molecule has 1 heterocycles. The van der Waals surface area contributed by atoms with E-state index in [1.54, 1.807) is 0 Å². The van der Waals surface area contributed by atoms with Gasteiger partial charge in [-0.25, -0.2) is 0 Å². The summed E-state index contributed by atoms with van der Waals surface area (Å²) in [5, 5.41) is 0. The quantitative estimate of drug-likeness (QED) is 0.691. The Morgan fingerprint density at radius 2 is 2.15 bits per heavy atom. The van der Waals surface area contributed by atoms with Crippen LogP contribution in [-0.4, -0.2) is 30.4 Å². The molecule has 76 valence electrons. The van der Waals surface area contributed by atoms with Gasteiger partial charge in [-0.15, -0.1) is 0 Å². The van der Waals surface area contributed by atoms with Gasteiger partial charge in [-0.3, -0.25) is 4.79 Å². The summed E-state index contributed by atoms with van der Waals surface area (Å²) in [5.41, 5.74) is 5.74. The molecular weight excluding hydrogens is 164 g/mol. The zero-order chi connectivity index (χ0) is 10.1. The summed E-state index contributed by atoms with van der Waals surface area (Å²) in [5.74, 6) is 0.653. The summed E-state index contributed by atoms with van der Waals surface area (Å²) in [6.45, 7) is 8.78. The number of amides is 1. The fourth-order valence-corrected chi connectivity index (χ4v) is 1.74. The van der Waals surface area contributed by atoms with Gasteiger partial charge in [-0.2, -0.15) is 0 Å². The third-order valence-corrected chi connectivity index (χ3v) is 2.29. The molecule has 3 heteroatoms. The Bertz CT molecular complexity index is 196. The maximum absolute atomic E-state index is 11.5. The van der Waals surface area contributed by atoms with Crippen molar-refractivity contribution in [3.63, 3.8) is 0 Å². The van der Waals surface area contributed by atoms with Crippen LogP contribution in [0.4, 0.5) is 0 Å². The van der Waals surface area contributed by atoms with Crippen LogP contribution in [0.2, 0.25) is 0 Å². The summed E-state index contributed by atoms with van der Waals surface area (Å²) in [6.07, 6.45) is 0.645. The van der Waals surface area contributed by atoms with Gasteiger partial charge in [-0.05, 0) is 17.9 Å². The molecule has 0 bridgehead atoms. The van der Waals surface area contributed by atoms with Gasteiger partial charge in [0.2, 0.25) is 5.91 Å². The van der Waals surface area contributed by atoms with E-state index in [9.17, 15) is 4.79 Å². The molecule has 2 N–H and O–H groups in total. The molecule has 1 atom stereocenters. The molecule has 0 spiro atoms. The first-order valence-corrected chi connectivity index (χ1v) is 4.90. The Morgan fingerprint density at radius 3 is 2.54 bits per heavy atom. The molecule has 0 aromatic heterocycles. The van der Waals surface area contributed by atoms with Gasteiger partial charge >= 0.3 is 0 Å². The lowest BCUT2D eigenvalue weighted by molar-refractivity contribution is -0.128. The second-order valence-corrected chi connectivity index (χ2v) is 5.14. The van der Waals surface area contributed by atoms with Gasteiger partial charge < -0.3 is 10.6 Å². The van der Waals surface area contributed by atoms with Crippen LogP contribution in [0.3, 0.4) is 0 Å². The summed E-state index contributed by atoms with van der Waals surface area (Å²) in [6, 6.07) is 0. The lowest BCUT2D eigenvalue weighted by Crippen LogP contribution is -2.34. The van der Waals surface area contributed by atoms with Crippen molar-refractivity contribution in [2.45, 2.75) is 27.2 Å². The van der Waals surface area contributed by atoms with E-state index in [0.717, 1.165) is 13.1 Å². The minimum Gasteiger partial charge on any atom is -0.342 e. The van der Waals surface area contributed by atoms with Crippen molar-refractivity contribution < 1.29 is 4.79 Å². The lowest BCUT2D eigenvalue weighted by atomic mass is 9.96. The van der Waals surface area contributed by atoms with Crippen LogP contribution in [0.1, 0.15) is 27.2 Å². The van der Waals surface area contributed by atoms with E-state index in [1.807, 2.05) is 4.90 Å². The van der Waals surface area contributed by atoms with Gasteiger partial charge in [0.15, 0.2) is 0 Å². The first kappa shape index (κ1) is 10.5. The monoisotopic (exact) mass is 184 g/mol. The van der Waals surface area contributed by atoms with E-state index in [0.29, 0.717) is 18.9 Å². The molecular formula is C10H20N2O. The molecule has 1 rings (SSSR count). The van der Waals surface area contributed by atoms with E-state index in [-0.39, 0.29) is 11.3 Å². The summed E-state index contributed by atoms with van der Waals surface area (Å²) in [7, 11) is 0. The maximum atomic E-state index is 11.5. The topological polar surface area (TPSA) is 46.3 Å². The normalized spacial score (nSPS) is 24.2. The number of carbonyl (C=O) groups excluding carboxylic acids is 1. The minimum absolute atomic E-state index is 0.194. The van der Waals surface area contributed by atoms with Crippen molar-refractivity contribution in [1.29, 1.82) is 0 Å². The van der Waals surface area contributed by atoms with E-state index in [2.05, 4.69) is 20.8 Å². The van der Waals surface area contributed by atoms with Crippen molar-refractivity contribution >= 4 is 5.91 Å². The fourth-order valence-electron chi connectivity index (χ4n) is 1.74. The predicted octanol–water partition coefficient (Wildman–Crippen LogP) is 0.840. The van der Waals surface area contributed by atoms with E-state index >= 15 is 0 Å². The molecule has 0 radical (unpaired) electrons. The first-order chi connectivity index (χ1) is 5.92. The van der Waals surface area contributed by atoms with Crippen molar-refractivity contribution in [2.24, 2.45) is 17.1 Å². The van der Waals surface area contributed by atoms with Crippen LogP contribution in [0.25, 0.3) is 0 Å². The number of nitrogens with zero attached hydrogens (tertiary/aromatic N) is 1. The molecule has 0 aromatic rings. The van der Waals surface area contributed by atoms with Gasteiger partial charge in [0.25, 0.3) is 0 Å². The third-order valence-electron chi connectivity index (χ3n) is 2.29. The van der Waals surface area contributed by atoms with Crippen molar-refractivity contribution in [2.75, 3.05) is 19.6 Å². The number of rotatable bonds is 2. The number of hydrogen-bond donors (Lipinski definition) is 1. The standard InChI is InChI=1S/C10H20N2O/c1-10(2,3)7-12-6-8(5-11)4-9(12)13/h8H,4-7,11H2,1-3H3. The van der Waals surface area contributed by atoms with Gasteiger partial charge in [0.1, 0.15) is 0 Å². The molecule has 0 aromatic carbocycles. The van der Waals surface area contributed by atoms with Crippen LogP contribution in [0, 0.1) is 11.3 Å². The summed E-state index contributed by atoms with van der Waals surface area (Å²) < 4.78 is 0. The molecule has 0 saturated carbocycles. The van der Waals surface area contributed by atoms with E-state index < -0.39 is 0 Å². The smallest absolute Gasteiger partial charge is 0.222 e. The van der Waals surface area contributed by atoms with E-state index in [4.69, 9.17) is 5.73 Å². The molecule has 1 amide bonds. The molecule has 1 saturated heterocycles. The van der Waals surface area contributed by atoms with Crippen LogP contribution in [0.5, 0.6) is 0 Å². The highest BCUT2D eigenvalue weighted by molar-refractivity contribution is 5.78. The van der Waals surface area contributed by atoms with Gasteiger partial charge in [0, 0.05) is 19.5 Å². The molecule has 1 aliphatic heterocycles. The average molecular weight is 184 g/mol. The van der Waals surface area contributed by atoms with Crippen molar-refractivity contribution in [1.82, 2.24) is 4.90 Å². The maximum Gasteiger partial charge on any atom is 0.222 e. The summed E-state index contributed by atoms with van der Waals surface area (Å²) in [4.78, 5) is 13.4. The van der Waals surface area contributed by atoms with Crippen LogP contribution < -0.4 is 5.73 Å². The molecule has 1 unspecified atom stereocenters. The number of likely N-dealkylation sites (tertiary alicyclic amines) is 1. The second-order valence-electron chi connectivity index (χ2n) is 5.14. The zero-order valence-electron chi connectivity index (χ0n) is 8.84. The highest BCUT2D eigenvalue weighted by Gasteiger charge is 2.30. The molecule has 13 heavy (non-hydrogen) atoms. The molecule has 0 aliphatic carbocycles. The Morgan fingerprint density at radius 1 is 1.54 bits per heavy atom. The lowest BCUT2D eigenvalue weighted by Gasteiger charge is -2.26.